The number of hydrogen-bond donors (Lipinski definition) is 2. The summed E-state index contributed by atoms with van der Waals surface area (Å²) in [4.78, 5) is 0. The molecule has 0 aromatic heterocycles. The molecule has 0 amide bonds. The topological polar surface area (TPSA) is 24.1 Å². The molecule has 0 aliphatic carbocycles. The van der Waals surface area contributed by atoms with E-state index in [4.69, 9.17) is 0 Å². The highest BCUT2D eigenvalue weighted by molar-refractivity contribution is 8.03. The summed E-state index contributed by atoms with van der Waals surface area (Å²) in [5, 5.41) is 12.3. The quantitative estimate of drug-likeness (QED) is 0.853. The van der Waals surface area contributed by atoms with Gasteiger partial charge in [0.2, 0.25) is 0 Å². The molecule has 1 aromatic carbocycles. The molecule has 3 heterocycles. The number of allylic oxidation sites excluding steroid dienone is 1. The van der Waals surface area contributed by atoms with Crippen LogP contribution < -0.4 is 10.6 Å². The molecule has 2 nitrogen and oxygen atoms in total. The maximum atomic E-state index is 3.83. The minimum absolute atomic E-state index is 0.331. The number of benzene rings is 1. The Balaban J connectivity index is 1.71. The second-order valence-electron chi connectivity index (χ2n) is 5.10. The van der Waals surface area contributed by atoms with Gasteiger partial charge in [-0.2, -0.15) is 0 Å². The first-order chi connectivity index (χ1) is 9.92. The zero-order valence-electron chi connectivity index (χ0n) is 11.0. The molecule has 3 aliphatic heterocycles. The van der Waals surface area contributed by atoms with E-state index in [1.165, 1.54) is 22.5 Å². The highest BCUT2D eigenvalue weighted by Crippen LogP contribution is 2.41. The maximum Gasteiger partial charge on any atom is 0.0615 e. The van der Waals surface area contributed by atoms with Gasteiger partial charge in [-0.05, 0) is 40.5 Å². The average Bonchev–Trinajstić information content (AvgIpc) is 3.00. The van der Waals surface area contributed by atoms with Crippen LogP contribution in [0, 0.1) is 0 Å². The molecule has 0 radical (unpaired) electrons. The molecule has 0 spiro atoms. The third-order valence-electron chi connectivity index (χ3n) is 3.85. The van der Waals surface area contributed by atoms with Gasteiger partial charge in [-0.25, -0.2) is 0 Å². The molecule has 0 saturated carbocycles. The summed E-state index contributed by atoms with van der Waals surface area (Å²) in [6.45, 7) is 0. The van der Waals surface area contributed by atoms with Crippen molar-refractivity contribution in [1.82, 2.24) is 5.32 Å². The van der Waals surface area contributed by atoms with Crippen molar-refractivity contribution in [3.8, 4) is 0 Å². The van der Waals surface area contributed by atoms with Crippen molar-refractivity contribution < 1.29 is 0 Å². The van der Waals surface area contributed by atoms with Gasteiger partial charge in [-0.15, -0.1) is 23.5 Å². The molecule has 1 aromatic rings. The molecular weight excluding hydrogens is 284 g/mol. The zero-order valence-corrected chi connectivity index (χ0v) is 12.6. The summed E-state index contributed by atoms with van der Waals surface area (Å²) >= 11 is 3.77. The monoisotopic (exact) mass is 300 g/mol. The lowest BCUT2D eigenvalue weighted by molar-refractivity contribution is 0.571. The normalized spacial score (nSPS) is 27.2. The smallest absolute Gasteiger partial charge is 0.0615 e. The molecule has 102 valence electrons. The first-order valence-corrected chi connectivity index (χ1v) is 8.84. The number of thioether (sulfide) groups is 2. The van der Waals surface area contributed by atoms with E-state index in [0.29, 0.717) is 11.4 Å². The predicted octanol–water partition coefficient (Wildman–Crippen LogP) is 4.23. The molecule has 20 heavy (non-hydrogen) atoms. The Morgan fingerprint density at radius 2 is 2.15 bits per heavy atom. The van der Waals surface area contributed by atoms with Crippen LogP contribution in [0.3, 0.4) is 0 Å². The summed E-state index contributed by atoms with van der Waals surface area (Å²) in [6, 6.07) is 8.97. The summed E-state index contributed by atoms with van der Waals surface area (Å²) in [7, 11) is 0. The van der Waals surface area contributed by atoms with Crippen LogP contribution in [0.4, 0.5) is 5.69 Å². The number of para-hydroxylation sites is 1. The van der Waals surface area contributed by atoms with Crippen molar-refractivity contribution in [2.45, 2.75) is 17.8 Å². The highest BCUT2D eigenvalue weighted by Gasteiger charge is 2.29. The van der Waals surface area contributed by atoms with E-state index in [9.17, 15) is 0 Å². The van der Waals surface area contributed by atoms with Crippen molar-refractivity contribution >= 4 is 29.2 Å². The van der Waals surface area contributed by atoms with Gasteiger partial charge in [0.05, 0.1) is 11.4 Å². The highest BCUT2D eigenvalue weighted by atomic mass is 32.2. The molecule has 4 rings (SSSR count). The van der Waals surface area contributed by atoms with Crippen molar-refractivity contribution in [2.75, 3.05) is 11.1 Å². The molecule has 2 N–H and O–H groups in total. The first kappa shape index (κ1) is 12.6. The summed E-state index contributed by atoms with van der Waals surface area (Å²) in [6.07, 6.45) is 5.57. The van der Waals surface area contributed by atoms with Gasteiger partial charge in [0.1, 0.15) is 0 Å². The van der Waals surface area contributed by atoms with Gasteiger partial charge in [-0.1, -0.05) is 24.3 Å². The van der Waals surface area contributed by atoms with Gasteiger partial charge in [-0.3, -0.25) is 5.32 Å². The van der Waals surface area contributed by atoms with Crippen LogP contribution in [0.15, 0.2) is 58.5 Å². The van der Waals surface area contributed by atoms with Crippen LogP contribution in [-0.2, 0) is 0 Å². The first-order valence-electron chi connectivity index (χ1n) is 6.85. The van der Waals surface area contributed by atoms with E-state index in [2.05, 4.69) is 57.9 Å². The number of anilines is 1. The lowest BCUT2D eigenvalue weighted by Crippen LogP contribution is -2.34. The van der Waals surface area contributed by atoms with E-state index in [0.717, 1.165) is 12.2 Å². The maximum absolute atomic E-state index is 3.83. The van der Waals surface area contributed by atoms with Crippen LogP contribution in [0.1, 0.15) is 18.0 Å². The van der Waals surface area contributed by atoms with E-state index >= 15 is 0 Å². The van der Waals surface area contributed by atoms with Crippen molar-refractivity contribution in [3.63, 3.8) is 0 Å². The summed E-state index contributed by atoms with van der Waals surface area (Å²) in [5.41, 5.74) is 5.35. The van der Waals surface area contributed by atoms with Gasteiger partial charge >= 0.3 is 0 Å². The van der Waals surface area contributed by atoms with Gasteiger partial charge in [0.25, 0.3) is 0 Å². The fraction of sp³-hybridized carbons (Fsp3) is 0.250. The third-order valence-corrected chi connectivity index (χ3v) is 5.66. The zero-order chi connectivity index (χ0) is 13.4. The van der Waals surface area contributed by atoms with Gasteiger partial charge in [0.15, 0.2) is 0 Å². The summed E-state index contributed by atoms with van der Waals surface area (Å²) < 4.78 is 0. The number of rotatable bonds is 2. The van der Waals surface area contributed by atoms with Crippen LogP contribution in [0.5, 0.6) is 0 Å². The molecule has 3 aliphatic rings. The van der Waals surface area contributed by atoms with E-state index in [1.807, 2.05) is 23.5 Å². The SMILES string of the molecule is C1=CSC(NC2C3=C(C=CSC3)Nc3ccccc32)C1. The minimum atomic E-state index is 0.331. The van der Waals surface area contributed by atoms with Gasteiger partial charge < -0.3 is 5.32 Å². The fourth-order valence-corrected chi connectivity index (χ4v) is 4.54. The lowest BCUT2D eigenvalue weighted by Gasteiger charge is -2.34. The fourth-order valence-electron chi connectivity index (χ4n) is 2.86. The molecule has 2 unspecified atom stereocenters. The Hall–Kier alpha value is -1.10. The molecule has 4 heteroatoms. The molecule has 2 atom stereocenters. The number of fused-ring (bicyclic) bond motifs is 1. The Kier molecular flexibility index (Phi) is 3.38. The Labute approximate surface area is 127 Å². The second kappa shape index (κ2) is 5.35. The molecular formula is C16H16N2S2. The Morgan fingerprint density at radius 1 is 1.20 bits per heavy atom. The lowest BCUT2D eigenvalue weighted by atomic mass is 9.92. The van der Waals surface area contributed by atoms with Crippen LogP contribution in [0.2, 0.25) is 0 Å². The van der Waals surface area contributed by atoms with E-state index in [-0.39, 0.29) is 0 Å². The average molecular weight is 300 g/mol. The number of hydrogen-bond acceptors (Lipinski definition) is 4. The standard InChI is InChI=1S/C16H16N2S2/c1-2-5-13-11(4-1)16(18-15-6-3-8-20-15)12-10-19-9-7-14(12)17-13/h1-5,7-9,15-18H,6,10H2. The third kappa shape index (κ3) is 2.22. The molecule has 0 saturated heterocycles. The largest absolute Gasteiger partial charge is 0.355 e. The van der Waals surface area contributed by atoms with Crippen molar-refractivity contribution in [2.24, 2.45) is 0 Å². The predicted molar refractivity (Wildman–Crippen MR) is 89.7 cm³/mol. The minimum Gasteiger partial charge on any atom is -0.355 e. The van der Waals surface area contributed by atoms with E-state index in [1.54, 1.807) is 0 Å². The van der Waals surface area contributed by atoms with Crippen molar-refractivity contribution in [3.05, 3.63) is 64.1 Å². The Bertz CT molecular complexity index is 611. The van der Waals surface area contributed by atoms with Crippen LogP contribution in [0.25, 0.3) is 0 Å². The Morgan fingerprint density at radius 3 is 3.05 bits per heavy atom. The molecule has 0 fully saturated rings. The molecule has 0 bridgehead atoms. The second-order valence-corrected chi connectivity index (χ2v) is 7.10. The van der Waals surface area contributed by atoms with Crippen molar-refractivity contribution in [1.29, 1.82) is 0 Å². The number of nitrogens with one attached hydrogen (secondary N) is 2. The summed E-state index contributed by atoms with van der Waals surface area (Å²) in [5.74, 6) is 1.07. The van der Waals surface area contributed by atoms with Gasteiger partial charge in [0, 0.05) is 17.1 Å². The van der Waals surface area contributed by atoms with Crippen LogP contribution >= 0.6 is 23.5 Å². The van der Waals surface area contributed by atoms with E-state index < -0.39 is 0 Å². The van der Waals surface area contributed by atoms with Crippen LogP contribution in [-0.4, -0.2) is 11.1 Å².